The van der Waals surface area contributed by atoms with Gasteiger partial charge in [-0.2, -0.15) is 0 Å². The second-order valence-corrected chi connectivity index (χ2v) is 6.53. The molecule has 1 fully saturated rings. The van der Waals surface area contributed by atoms with Gasteiger partial charge in [-0.05, 0) is 31.2 Å². The van der Waals surface area contributed by atoms with Gasteiger partial charge in [0.1, 0.15) is 0 Å². The van der Waals surface area contributed by atoms with Gasteiger partial charge in [-0.1, -0.05) is 34.1 Å². The molecule has 1 unspecified atom stereocenters. The highest BCUT2D eigenvalue weighted by atomic mass is 15.1. The topological polar surface area (TPSA) is 15.3 Å². The smallest absolute Gasteiger partial charge is 0.00684 e. The van der Waals surface area contributed by atoms with Crippen LogP contribution in [0.1, 0.15) is 47.0 Å². The zero-order valence-electron chi connectivity index (χ0n) is 11.8. The third-order valence-electron chi connectivity index (χ3n) is 3.46. The molecule has 0 aromatic rings. The summed E-state index contributed by atoms with van der Waals surface area (Å²) in [6, 6.07) is 0.833. The van der Waals surface area contributed by atoms with Gasteiger partial charge in [0.05, 0.1) is 0 Å². The predicted molar refractivity (Wildman–Crippen MR) is 71.8 cm³/mol. The maximum absolute atomic E-state index is 3.64. The van der Waals surface area contributed by atoms with Crippen molar-refractivity contribution in [2.24, 2.45) is 11.3 Å². The second-order valence-electron chi connectivity index (χ2n) is 6.53. The first-order valence-corrected chi connectivity index (χ1v) is 6.85. The Morgan fingerprint density at radius 1 is 1.38 bits per heavy atom. The zero-order valence-corrected chi connectivity index (χ0v) is 11.8. The third-order valence-corrected chi connectivity index (χ3v) is 3.46. The molecule has 16 heavy (non-hydrogen) atoms. The number of hydrogen-bond donors (Lipinski definition) is 1. The van der Waals surface area contributed by atoms with Gasteiger partial charge < -0.3 is 10.2 Å². The minimum atomic E-state index is 0.394. The molecule has 0 heterocycles. The normalized spacial score (nSPS) is 19.1. The van der Waals surface area contributed by atoms with Crippen molar-refractivity contribution in [3.05, 3.63) is 0 Å². The largest absolute Gasteiger partial charge is 0.313 e. The van der Waals surface area contributed by atoms with Crippen LogP contribution in [0.25, 0.3) is 0 Å². The van der Waals surface area contributed by atoms with Crippen molar-refractivity contribution in [1.29, 1.82) is 0 Å². The average Bonchev–Trinajstić information content (AvgIpc) is 2.97. The molecule has 0 amide bonds. The molecule has 2 heteroatoms. The fourth-order valence-electron chi connectivity index (χ4n) is 2.22. The molecular weight excluding hydrogens is 196 g/mol. The molecule has 1 rings (SSSR count). The van der Waals surface area contributed by atoms with E-state index in [-0.39, 0.29) is 0 Å². The molecule has 0 aromatic heterocycles. The molecule has 0 saturated heterocycles. The number of rotatable bonds is 8. The van der Waals surface area contributed by atoms with E-state index in [0.717, 1.165) is 18.5 Å². The van der Waals surface area contributed by atoms with E-state index in [9.17, 15) is 0 Å². The van der Waals surface area contributed by atoms with Gasteiger partial charge in [0.25, 0.3) is 0 Å². The molecule has 0 spiro atoms. The summed E-state index contributed by atoms with van der Waals surface area (Å²) in [6.07, 6.45) is 4.06. The van der Waals surface area contributed by atoms with Crippen LogP contribution in [-0.4, -0.2) is 37.6 Å². The maximum Gasteiger partial charge on any atom is 0.00684 e. The lowest BCUT2D eigenvalue weighted by Gasteiger charge is -2.32. The minimum absolute atomic E-state index is 0.394. The molecule has 1 N–H and O–H groups in total. The summed E-state index contributed by atoms with van der Waals surface area (Å²) in [7, 11) is 2.25. The lowest BCUT2D eigenvalue weighted by Crippen LogP contribution is -2.40. The first-order valence-electron chi connectivity index (χ1n) is 6.85. The van der Waals surface area contributed by atoms with E-state index >= 15 is 0 Å². The molecule has 2 nitrogen and oxygen atoms in total. The van der Waals surface area contributed by atoms with E-state index in [0.29, 0.717) is 5.41 Å². The standard InChI is InChI=1S/C14H30N2/c1-6-12(2)9-16(5)11-14(3,4)10-15-13-7-8-13/h12-13,15H,6-11H2,1-5H3. The van der Waals surface area contributed by atoms with E-state index in [1.54, 1.807) is 0 Å². The van der Waals surface area contributed by atoms with Gasteiger partial charge in [0.2, 0.25) is 0 Å². The molecule has 0 radical (unpaired) electrons. The van der Waals surface area contributed by atoms with Gasteiger partial charge in [0, 0.05) is 25.7 Å². The van der Waals surface area contributed by atoms with Gasteiger partial charge in [-0.15, -0.1) is 0 Å². The monoisotopic (exact) mass is 226 g/mol. The summed E-state index contributed by atoms with van der Waals surface area (Å²) in [5.74, 6) is 0.817. The van der Waals surface area contributed by atoms with Crippen LogP contribution >= 0.6 is 0 Å². The first kappa shape index (κ1) is 14.0. The first-order chi connectivity index (χ1) is 7.43. The van der Waals surface area contributed by atoms with Crippen LogP contribution in [0.3, 0.4) is 0 Å². The van der Waals surface area contributed by atoms with Gasteiger partial charge in [-0.3, -0.25) is 0 Å². The van der Waals surface area contributed by atoms with Crippen molar-refractivity contribution in [3.8, 4) is 0 Å². The summed E-state index contributed by atoms with van der Waals surface area (Å²) < 4.78 is 0. The van der Waals surface area contributed by atoms with Crippen molar-refractivity contribution in [3.63, 3.8) is 0 Å². The Hall–Kier alpha value is -0.0800. The Kier molecular flexibility index (Phi) is 5.26. The Morgan fingerprint density at radius 2 is 2.00 bits per heavy atom. The summed E-state index contributed by atoms with van der Waals surface area (Å²) in [5, 5.41) is 3.64. The van der Waals surface area contributed by atoms with Crippen LogP contribution in [0, 0.1) is 11.3 Å². The summed E-state index contributed by atoms with van der Waals surface area (Å²) >= 11 is 0. The van der Waals surface area contributed by atoms with E-state index in [2.05, 4.69) is 45.0 Å². The van der Waals surface area contributed by atoms with Crippen molar-refractivity contribution < 1.29 is 0 Å². The molecule has 0 bridgehead atoms. The molecule has 96 valence electrons. The Bertz CT molecular complexity index is 197. The zero-order chi connectivity index (χ0) is 12.2. The molecular formula is C14H30N2. The predicted octanol–water partition coefficient (Wildman–Crippen LogP) is 2.74. The number of hydrogen-bond acceptors (Lipinski definition) is 2. The molecule has 1 atom stereocenters. The Labute approximate surface area is 102 Å². The summed E-state index contributed by atoms with van der Waals surface area (Å²) in [6.45, 7) is 12.9. The Morgan fingerprint density at radius 3 is 2.50 bits per heavy atom. The second kappa shape index (κ2) is 6.02. The van der Waals surface area contributed by atoms with Crippen LogP contribution in [-0.2, 0) is 0 Å². The quantitative estimate of drug-likeness (QED) is 0.684. The summed E-state index contributed by atoms with van der Waals surface area (Å²) in [5.41, 5.74) is 0.394. The molecule has 1 aliphatic rings. The SMILES string of the molecule is CCC(C)CN(C)CC(C)(C)CNC1CC1. The van der Waals surface area contributed by atoms with E-state index in [1.165, 1.54) is 32.4 Å². The van der Waals surface area contributed by atoms with Gasteiger partial charge in [-0.25, -0.2) is 0 Å². The fraction of sp³-hybridized carbons (Fsp3) is 1.00. The van der Waals surface area contributed by atoms with Crippen molar-refractivity contribution in [2.45, 2.75) is 53.0 Å². The van der Waals surface area contributed by atoms with Crippen molar-refractivity contribution in [1.82, 2.24) is 10.2 Å². The van der Waals surface area contributed by atoms with Crippen molar-refractivity contribution in [2.75, 3.05) is 26.7 Å². The van der Waals surface area contributed by atoms with E-state index in [4.69, 9.17) is 0 Å². The van der Waals surface area contributed by atoms with Crippen LogP contribution in [0.2, 0.25) is 0 Å². The van der Waals surface area contributed by atoms with E-state index in [1.807, 2.05) is 0 Å². The molecule has 0 aromatic carbocycles. The fourth-order valence-corrected chi connectivity index (χ4v) is 2.22. The highest BCUT2D eigenvalue weighted by molar-refractivity contribution is 4.85. The van der Waals surface area contributed by atoms with Gasteiger partial charge >= 0.3 is 0 Å². The molecule has 0 aliphatic heterocycles. The number of nitrogens with zero attached hydrogens (tertiary/aromatic N) is 1. The molecule has 1 saturated carbocycles. The van der Waals surface area contributed by atoms with Crippen LogP contribution in [0.4, 0.5) is 0 Å². The van der Waals surface area contributed by atoms with Crippen LogP contribution in [0.5, 0.6) is 0 Å². The summed E-state index contributed by atoms with van der Waals surface area (Å²) in [4.78, 5) is 2.49. The van der Waals surface area contributed by atoms with E-state index < -0.39 is 0 Å². The lowest BCUT2D eigenvalue weighted by atomic mass is 9.92. The number of nitrogens with one attached hydrogen (secondary N) is 1. The molecule has 1 aliphatic carbocycles. The Balaban J connectivity index is 2.20. The third kappa shape index (κ3) is 5.86. The highest BCUT2D eigenvalue weighted by Gasteiger charge is 2.26. The highest BCUT2D eigenvalue weighted by Crippen LogP contribution is 2.22. The maximum atomic E-state index is 3.64. The van der Waals surface area contributed by atoms with Crippen LogP contribution < -0.4 is 5.32 Å². The van der Waals surface area contributed by atoms with Gasteiger partial charge in [0.15, 0.2) is 0 Å². The lowest BCUT2D eigenvalue weighted by molar-refractivity contribution is 0.184. The van der Waals surface area contributed by atoms with Crippen LogP contribution in [0.15, 0.2) is 0 Å². The van der Waals surface area contributed by atoms with Crippen molar-refractivity contribution >= 4 is 0 Å². The average molecular weight is 226 g/mol. The minimum Gasteiger partial charge on any atom is -0.313 e.